The lowest BCUT2D eigenvalue weighted by Gasteiger charge is -2.26. The lowest BCUT2D eigenvalue weighted by Crippen LogP contribution is -2.41. The van der Waals surface area contributed by atoms with E-state index in [1.807, 2.05) is 0 Å². The number of hydrogen-bond donors (Lipinski definition) is 2. The Balaban J connectivity index is 2.11. The standard InChI is InChI=1S/C19H23N3O4S/c1-2-3-4-5-6-14-7-8-16-15(13-14)18(17(21-16)19(20)23)27(24,25)22-9-11-26-12-10-22/h7-8,13,21H,2-4,9-12H2,1H3,(H2,20,23). The average molecular weight is 389 g/mol. The third kappa shape index (κ3) is 4.00. The van der Waals surface area contributed by atoms with Crippen molar-refractivity contribution in [2.45, 2.75) is 31.1 Å². The van der Waals surface area contributed by atoms with Gasteiger partial charge in [0.15, 0.2) is 0 Å². The molecule has 1 aromatic heterocycles. The Hall–Kier alpha value is -2.34. The molecule has 1 aliphatic heterocycles. The summed E-state index contributed by atoms with van der Waals surface area (Å²) < 4.78 is 33.0. The van der Waals surface area contributed by atoms with Crippen molar-refractivity contribution < 1.29 is 17.9 Å². The molecule has 2 aromatic rings. The summed E-state index contributed by atoms with van der Waals surface area (Å²) in [6.45, 7) is 3.22. The first-order valence-corrected chi connectivity index (χ1v) is 10.4. The number of ether oxygens (including phenoxy) is 1. The van der Waals surface area contributed by atoms with Crippen molar-refractivity contribution >= 4 is 26.8 Å². The van der Waals surface area contributed by atoms with Gasteiger partial charge in [0.2, 0.25) is 10.0 Å². The summed E-state index contributed by atoms with van der Waals surface area (Å²) in [5, 5.41) is 0.428. The third-order valence-corrected chi connectivity index (χ3v) is 6.44. The van der Waals surface area contributed by atoms with Crippen LogP contribution in [0.15, 0.2) is 23.1 Å². The van der Waals surface area contributed by atoms with Crippen molar-refractivity contribution in [1.82, 2.24) is 9.29 Å². The fourth-order valence-electron chi connectivity index (χ4n) is 3.03. The molecule has 2 heterocycles. The van der Waals surface area contributed by atoms with Crippen LogP contribution in [-0.2, 0) is 14.8 Å². The number of H-pyrrole nitrogens is 1. The maximum atomic E-state index is 13.2. The largest absolute Gasteiger partial charge is 0.379 e. The molecule has 8 heteroatoms. The van der Waals surface area contributed by atoms with Crippen LogP contribution in [0.4, 0.5) is 0 Å². The fraction of sp³-hybridized carbons (Fsp3) is 0.421. The van der Waals surface area contributed by atoms with Crippen molar-refractivity contribution in [3.63, 3.8) is 0 Å². The van der Waals surface area contributed by atoms with Crippen molar-refractivity contribution in [3.8, 4) is 11.8 Å². The topological polar surface area (TPSA) is 105 Å². The predicted molar refractivity (Wildman–Crippen MR) is 103 cm³/mol. The van der Waals surface area contributed by atoms with Gasteiger partial charge in [0, 0.05) is 36.0 Å². The number of morpholine rings is 1. The molecule has 0 atom stereocenters. The van der Waals surface area contributed by atoms with Crippen LogP contribution in [0, 0.1) is 11.8 Å². The van der Waals surface area contributed by atoms with Crippen LogP contribution in [0.3, 0.4) is 0 Å². The highest BCUT2D eigenvalue weighted by Crippen LogP contribution is 2.30. The van der Waals surface area contributed by atoms with Gasteiger partial charge < -0.3 is 15.5 Å². The van der Waals surface area contributed by atoms with Crippen molar-refractivity contribution in [2.24, 2.45) is 5.73 Å². The third-order valence-electron chi connectivity index (χ3n) is 4.45. The number of fused-ring (bicyclic) bond motifs is 1. The molecular formula is C19H23N3O4S. The second-order valence-electron chi connectivity index (χ2n) is 6.38. The summed E-state index contributed by atoms with van der Waals surface area (Å²) in [7, 11) is -3.89. The smallest absolute Gasteiger partial charge is 0.266 e. The van der Waals surface area contributed by atoms with E-state index in [1.54, 1.807) is 18.2 Å². The van der Waals surface area contributed by atoms with Gasteiger partial charge in [-0.15, -0.1) is 0 Å². The van der Waals surface area contributed by atoms with Gasteiger partial charge in [0.1, 0.15) is 10.6 Å². The first-order chi connectivity index (χ1) is 12.9. The molecule has 0 spiro atoms. The molecule has 1 aromatic carbocycles. The summed E-state index contributed by atoms with van der Waals surface area (Å²) in [6, 6.07) is 5.22. The number of rotatable bonds is 5. The maximum Gasteiger partial charge on any atom is 0.266 e. The number of nitrogens with zero attached hydrogens (tertiary/aromatic N) is 1. The van der Waals surface area contributed by atoms with E-state index in [0.717, 1.165) is 19.3 Å². The number of aromatic amines is 1. The molecule has 1 amide bonds. The fourth-order valence-corrected chi connectivity index (χ4v) is 4.78. The highest BCUT2D eigenvalue weighted by molar-refractivity contribution is 7.89. The van der Waals surface area contributed by atoms with Crippen LogP contribution in [0.25, 0.3) is 10.9 Å². The summed E-state index contributed by atoms with van der Waals surface area (Å²) in [5.41, 5.74) is 6.58. The number of unbranched alkanes of at least 4 members (excludes halogenated alkanes) is 2. The predicted octanol–water partition coefficient (Wildman–Crippen LogP) is 1.83. The second-order valence-corrected chi connectivity index (χ2v) is 8.25. The Labute approximate surface area is 158 Å². The molecule has 0 saturated carbocycles. The molecule has 7 nitrogen and oxygen atoms in total. The van der Waals surface area contributed by atoms with Gasteiger partial charge in [-0.1, -0.05) is 25.2 Å². The highest BCUT2D eigenvalue weighted by Gasteiger charge is 2.33. The molecule has 3 N–H and O–H groups in total. The minimum atomic E-state index is -3.89. The zero-order valence-electron chi connectivity index (χ0n) is 15.2. The Bertz CT molecular complexity index is 1010. The summed E-state index contributed by atoms with van der Waals surface area (Å²) >= 11 is 0. The van der Waals surface area contributed by atoms with Crippen LogP contribution in [0.1, 0.15) is 42.2 Å². The van der Waals surface area contributed by atoms with E-state index < -0.39 is 15.9 Å². The van der Waals surface area contributed by atoms with Gasteiger partial charge in [-0.05, 0) is 24.6 Å². The monoisotopic (exact) mass is 389 g/mol. The summed E-state index contributed by atoms with van der Waals surface area (Å²) in [5.74, 6) is 5.34. The lowest BCUT2D eigenvalue weighted by molar-refractivity contribution is 0.0730. The lowest BCUT2D eigenvalue weighted by atomic mass is 10.1. The number of nitrogens with two attached hydrogens (primary N) is 1. The SMILES string of the molecule is CCCCC#Cc1ccc2[nH]c(C(N)=O)c(S(=O)(=O)N3CCOCC3)c2c1. The van der Waals surface area contributed by atoms with Crippen LogP contribution in [0.5, 0.6) is 0 Å². The minimum absolute atomic E-state index is 0.0795. The molecule has 1 aliphatic rings. The van der Waals surface area contributed by atoms with E-state index >= 15 is 0 Å². The van der Waals surface area contributed by atoms with Gasteiger partial charge in [-0.25, -0.2) is 8.42 Å². The normalized spacial score (nSPS) is 15.4. The first kappa shape index (κ1) is 19.4. The zero-order valence-corrected chi connectivity index (χ0v) is 16.1. The van der Waals surface area contributed by atoms with Gasteiger partial charge in [0.25, 0.3) is 5.91 Å². The average Bonchev–Trinajstić information content (AvgIpc) is 3.06. The van der Waals surface area contributed by atoms with Crippen molar-refractivity contribution in [1.29, 1.82) is 0 Å². The molecule has 0 aliphatic carbocycles. The van der Waals surface area contributed by atoms with Crippen LogP contribution in [0.2, 0.25) is 0 Å². The summed E-state index contributed by atoms with van der Waals surface area (Å²) in [4.78, 5) is 14.7. The molecule has 1 saturated heterocycles. The van der Waals surface area contributed by atoms with Crippen LogP contribution >= 0.6 is 0 Å². The van der Waals surface area contributed by atoms with Gasteiger partial charge in [-0.3, -0.25) is 4.79 Å². The molecule has 0 bridgehead atoms. The Morgan fingerprint density at radius 3 is 2.74 bits per heavy atom. The van der Waals surface area contributed by atoms with Crippen molar-refractivity contribution in [2.75, 3.05) is 26.3 Å². The number of carbonyl (C=O) groups is 1. The second kappa shape index (κ2) is 8.13. The number of sulfonamides is 1. The number of aromatic nitrogens is 1. The summed E-state index contributed by atoms with van der Waals surface area (Å²) in [6.07, 6.45) is 2.87. The van der Waals surface area contributed by atoms with E-state index in [2.05, 4.69) is 23.7 Å². The number of amides is 1. The Morgan fingerprint density at radius 1 is 1.33 bits per heavy atom. The molecule has 1 fully saturated rings. The zero-order chi connectivity index (χ0) is 19.4. The number of carbonyl (C=O) groups excluding carboxylic acids is 1. The molecule has 0 unspecified atom stereocenters. The number of nitrogens with one attached hydrogen (secondary N) is 1. The Kier molecular flexibility index (Phi) is 5.85. The van der Waals surface area contributed by atoms with Gasteiger partial charge >= 0.3 is 0 Å². The molecule has 3 rings (SSSR count). The van der Waals surface area contributed by atoms with E-state index in [0.29, 0.717) is 29.7 Å². The van der Waals surface area contributed by atoms with E-state index in [4.69, 9.17) is 10.5 Å². The van der Waals surface area contributed by atoms with Gasteiger partial charge in [-0.2, -0.15) is 4.31 Å². The van der Waals surface area contributed by atoms with E-state index in [-0.39, 0.29) is 23.7 Å². The number of primary amides is 1. The van der Waals surface area contributed by atoms with Crippen LogP contribution in [-0.4, -0.2) is 49.9 Å². The quantitative estimate of drug-likeness (QED) is 0.601. The minimum Gasteiger partial charge on any atom is -0.379 e. The Morgan fingerprint density at radius 2 is 2.07 bits per heavy atom. The highest BCUT2D eigenvalue weighted by atomic mass is 32.2. The first-order valence-electron chi connectivity index (χ1n) is 8.97. The molecule has 27 heavy (non-hydrogen) atoms. The molecule has 144 valence electrons. The van der Waals surface area contributed by atoms with Crippen molar-refractivity contribution in [3.05, 3.63) is 29.5 Å². The molecular weight excluding hydrogens is 366 g/mol. The van der Waals surface area contributed by atoms with Crippen LogP contribution < -0.4 is 5.73 Å². The maximum absolute atomic E-state index is 13.2. The van der Waals surface area contributed by atoms with E-state index in [1.165, 1.54) is 4.31 Å². The number of benzene rings is 1. The van der Waals surface area contributed by atoms with Gasteiger partial charge in [0.05, 0.1) is 13.2 Å². The van der Waals surface area contributed by atoms with E-state index in [9.17, 15) is 13.2 Å². The molecule has 0 radical (unpaired) electrons. The number of hydrogen-bond acceptors (Lipinski definition) is 4.